The molecule has 0 radical (unpaired) electrons. The van der Waals surface area contributed by atoms with Crippen LogP contribution in [0.5, 0.6) is 0 Å². The van der Waals surface area contributed by atoms with Gasteiger partial charge in [-0.05, 0) is 50.3 Å². The summed E-state index contributed by atoms with van der Waals surface area (Å²) in [5.41, 5.74) is 1.64. The fourth-order valence-electron chi connectivity index (χ4n) is 3.41. The molecule has 3 nitrogen and oxygen atoms in total. The molecule has 2 fully saturated rings. The minimum Gasteiger partial charge on any atom is -0.393 e. The zero-order valence-corrected chi connectivity index (χ0v) is 11.7. The van der Waals surface area contributed by atoms with Gasteiger partial charge in [-0.1, -0.05) is 17.7 Å². The number of fused-ring (bicyclic) bond motifs is 2. The van der Waals surface area contributed by atoms with E-state index >= 15 is 0 Å². The van der Waals surface area contributed by atoms with Crippen molar-refractivity contribution < 1.29 is 9.90 Å². The van der Waals surface area contributed by atoms with Gasteiger partial charge >= 0.3 is 0 Å². The highest BCUT2D eigenvalue weighted by atomic mass is 35.5. The molecule has 2 aliphatic rings. The Labute approximate surface area is 118 Å². The number of carbonyl (C=O) groups is 1. The lowest BCUT2D eigenvalue weighted by atomic mass is 9.98. The van der Waals surface area contributed by atoms with Crippen molar-refractivity contribution in [2.24, 2.45) is 0 Å². The van der Waals surface area contributed by atoms with Crippen LogP contribution < -0.4 is 0 Å². The zero-order chi connectivity index (χ0) is 13.6. The number of piperidine rings is 1. The maximum absolute atomic E-state index is 12.7. The second-order valence-corrected chi connectivity index (χ2v) is 6.11. The van der Waals surface area contributed by atoms with Crippen molar-refractivity contribution >= 4 is 17.5 Å². The number of hydrogen-bond donors (Lipinski definition) is 1. The van der Waals surface area contributed by atoms with E-state index in [1.54, 1.807) is 0 Å². The van der Waals surface area contributed by atoms with Gasteiger partial charge in [0.2, 0.25) is 0 Å². The third-order valence-electron chi connectivity index (χ3n) is 4.30. The summed E-state index contributed by atoms with van der Waals surface area (Å²) in [4.78, 5) is 14.6. The molecule has 0 saturated carbocycles. The molecule has 2 bridgehead atoms. The van der Waals surface area contributed by atoms with Gasteiger partial charge in [0, 0.05) is 12.1 Å². The molecular formula is C15H18ClNO2. The molecule has 2 aliphatic heterocycles. The number of hydrogen-bond acceptors (Lipinski definition) is 2. The number of aryl methyl sites for hydroxylation is 1. The van der Waals surface area contributed by atoms with E-state index in [2.05, 4.69) is 0 Å². The predicted molar refractivity (Wildman–Crippen MR) is 74.4 cm³/mol. The van der Waals surface area contributed by atoms with Crippen LogP contribution in [0, 0.1) is 6.92 Å². The molecule has 1 amide bonds. The van der Waals surface area contributed by atoms with E-state index in [-0.39, 0.29) is 24.1 Å². The number of carbonyl (C=O) groups excluding carboxylic acids is 1. The number of aliphatic hydroxyl groups excluding tert-OH is 1. The van der Waals surface area contributed by atoms with Gasteiger partial charge in [0.25, 0.3) is 5.91 Å². The highest BCUT2D eigenvalue weighted by molar-refractivity contribution is 6.33. The Morgan fingerprint density at radius 2 is 1.95 bits per heavy atom. The smallest absolute Gasteiger partial charge is 0.255 e. The first-order valence-electron chi connectivity index (χ1n) is 6.83. The summed E-state index contributed by atoms with van der Waals surface area (Å²) in [7, 11) is 0. The Balaban J connectivity index is 1.88. The molecule has 2 heterocycles. The molecule has 2 atom stereocenters. The van der Waals surface area contributed by atoms with Crippen molar-refractivity contribution in [3.05, 3.63) is 34.3 Å². The van der Waals surface area contributed by atoms with Gasteiger partial charge in [0.1, 0.15) is 0 Å². The van der Waals surface area contributed by atoms with Crippen LogP contribution in [-0.4, -0.2) is 34.1 Å². The molecular weight excluding hydrogens is 262 g/mol. The fraction of sp³-hybridized carbons (Fsp3) is 0.533. The molecule has 3 rings (SSSR count). The molecule has 1 aromatic rings. The molecule has 1 N–H and O–H groups in total. The van der Waals surface area contributed by atoms with Crippen molar-refractivity contribution in [3.63, 3.8) is 0 Å². The first-order valence-corrected chi connectivity index (χ1v) is 7.21. The Bertz CT molecular complexity index is 503. The summed E-state index contributed by atoms with van der Waals surface area (Å²) in [5.74, 6) is 0.0180. The van der Waals surface area contributed by atoms with Gasteiger partial charge in [-0.3, -0.25) is 4.79 Å². The predicted octanol–water partition coefficient (Wildman–Crippen LogP) is 2.78. The van der Waals surface area contributed by atoms with E-state index in [0.717, 1.165) is 18.4 Å². The lowest BCUT2D eigenvalue weighted by Gasteiger charge is -2.37. The van der Waals surface area contributed by atoms with Gasteiger partial charge in [-0.2, -0.15) is 0 Å². The highest BCUT2D eigenvalue weighted by Gasteiger charge is 2.43. The first-order chi connectivity index (χ1) is 9.06. The number of halogens is 1. The zero-order valence-electron chi connectivity index (χ0n) is 11.0. The molecule has 19 heavy (non-hydrogen) atoms. The van der Waals surface area contributed by atoms with Crippen LogP contribution in [0.2, 0.25) is 5.02 Å². The van der Waals surface area contributed by atoms with Crippen molar-refractivity contribution in [3.8, 4) is 0 Å². The van der Waals surface area contributed by atoms with Crippen LogP contribution in [0.4, 0.5) is 0 Å². The molecule has 4 heteroatoms. The minimum absolute atomic E-state index is 0.0180. The standard InChI is InChI=1S/C15H18ClNO2/c1-9-2-5-13(14(16)6-9)15(19)17-10-3-4-11(17)8-12(18)7-10/h2,5-6,10-12,18H,3-4,7-8H2,1H3. The summed E-state index contributed by atoms with van der Waals surface area (Å²) in [5, 5.41) is 10.3. The average Bonchev–Trinajstić information content (AvgIpc) is 2.61. The minimum atomic E-state index is -0.255. The van der Waals surface area contributed by atoms with E-state index < -0.39 is 0 Å². The second kappa shape index (κ2) is 4.80. The number of aliphatic hydroxyl groups is 1. The normalized spacial score (nSPS) is 29.6. The lowest BCUT2D eigenvalue weighted by molar-refractivity contribution is 0.0287. The summed E-state index contributed by atoms with van der Waals surface area (Å²) >= 11 is 6.19. The summed E-state index contributed by atoms with van der Waals surface area (Å²) < 4.78 is 0. The molecule has 1 aromatic carbocycles. The molecule has 2 unspecified atom stereocenters. The quantitative estimate of drug-likeness (QED) is 0.859. The summed E-state index contributed by atoms with van der Waals surface area (Å²) in [6.07, 6.45) is 3.14. The Kier molecular flexibility index (Phi) is 3.27. The third kappa shape index (κ3) is 2.26. The maximum atomic E-state index is 12.7. The van der Waals surface area contributed by atoms with Gasteiger partial charge in [0.05, 0.1) is 16.7 Å². The van der Waals surface area contributed by atoms with Gasteiger partial charge < -0.3 is 10.0 Å². The van der Waals surface area contributed by atoms with Crippen LogP contribution >= 0.6 is 11.6 Å². The summed E-state index contributed by atoms with van der Waals surface area (Å²) in [6.45, 7) is 1.96. The lowest BCUT2D eigenvalue weighted by Crippen LogP contribution is -2.48. The number of nitrogens with zero attached hydrogens (tertiary/aromatic N) is 1. The first kappa shape index (κ1) is 12.9. The largest absolute Gasteiger partial charge is 0.393 e. The molecule has 2 saturated heterocycles. The number of rotatable bonds is 1. The van der Waals surface area contributed by atoms with Gasteiger partial charge in [0.15, 0.2) is 0 Å². The second-order valence-electron chi connectivity index (χ2n) is 5.71. The highest BCUT2D eigenvalue weighted by Crippen LogP contribution is 2.37. The van der Waals surface area contributed by atoms with E-state index in [9.17, 15) is 9.90 Å². The van der Waals surface area contributed by atoms with Crippen LogP contribution in [0.15, 0.2) is 18.2 Å². The summed E-state index contributed by atoms with van der Waals surface area (Å²) in [6, 6.07) is 5.91. The van der Waals surface area contributed by atoms with E-state index in [1.165, 1.54) is 0 Å². The van der Waals surface area contributed by atoms with E-state index in [0.29, 0.717) is 23.4 Å². The van der Waals surface area contributed by atoms with Crippen LogP contribution in [0.1, 0.15) is 41.6 Å². The molecule has 0 aliphatic carbocycles. The van der Waals surface area contributed by atoms with Crippen molar-refractivity contribution in [2.45, 2.75) is 50.8 Å². The van der Waals surface area contributed by atoms with E-state index in [4.69, 9.17) is 11.6 Å². The number of benzene rings is 1. The maximum Gasteiger partial charge on any atom is 0.255 e. The molecule has 0 spiro atoms. The van der Waals surface area contributed by atoms with E-state index in [1.807, 2.05) is 30.0 Å². The van der Waals surface area contributed by atoms with Gasteiger partial charge in [-0.25, -0.2) is 0 Å². The molecule has 102 valence electrons. The van der Waals surface area contributed by atoms with Crippen LogP contribution in [0.25, 0.3) is 0 Å². The van der Waals surface area contributed by atoms with Gasteiger partial charge in [-0.15, -0.1) is 0 Å². The van der Waals surface area contributed by atoms with Crippen molar-refractivity contribution in [1.29, 1.82) is 0 Å². The SMILES string of the molecule is Cc1ccc(C(=O)N2C3CCC2CC(O)C3)c(Cl)c1. The Morgan fingerprint density at radius 3 is 2.53 bits per heavy atom. The van der Waals surface area contributed by atoms with Crippen LogP contribution in [-0.2, 0) is 0 Å². The Morgan fingerprint density at radius 1 is 1.32 bits per heavy atom. The Hall–Kier alpha value is -1.06. The topological polar surface area (TPSA) is 40.5 Å². The van der Waals surface area contributed by atoms with Crippen molar-refractivity contribution in [1.82, 2.24) is 4.90 Å². The fourth-order valence-corrected chi connectivity index (χ4v) is 3.73. The third-order valence-corrected chi connectivity index (χ3v) is 4.61. The van der Waals surface area contributed by atoms with Crippen molar-refractivity contribution in [2.75, 3.05) is 0 Å². The number of amides is 1. The average molecular weight is 280 g/mol. The monoisotopic (exact) mass is 279 g/mol. The van der Waals surface area contributed by atoms with Crippen LogP contribution in [0.3, 0.4) is 0 Å². The molecule has 0 aromatic heterocycles.